The van der Waals surface area contributed by atoms with Crippen LogP contribution in [-0.4, -0.2) is 9.97 Å². The van der Waals surface area contributed by atoms with Gasteiger partial charge < -0.3 is 10.1 Å². The molecule has 0 bridgehead atoms. The van der Waals surface area contributed by atoms with E-state index in [1.807, 2.05) is 55.5 Å². The van der Waals surface area contributed by atoms with Crippen molar-refractivity contribution in [1.82, 2.24) is 9.97 Å². The van der Waals surface area contributed by atoms with Gasteiger partial charge in [-0.15, -0.1) is 0 Å². The van der Waals surface area contributed by atoms with Crippen LogP contribution in [0.15, 0.2) is 71.2 Å². The summed E-state index contributed by atoms with van der Waals surface area (Å²) in [6.07, 6.45) is 0. The fourth-order valence-corrected chi connectivity index (χ4v) is 3.33. The monoisotopic (exact) mass is 430 g/mol. The van der Waals surface area contributed by atoms with Gasteiger partial charge >= 0.3 is 0 Å². The van der Waals surface area contributed by atoms with Gasteiger partial charge in [0.15, 0.2) is 0 Å². The van der Waals surface area contributed by atoms with E-state index in [4.69, 9.17) is 10.00 Å². The van der Waals surface area contributed by atoms with Crippen LogP contribution >= 0.6 is 15.9 Å². The zero-order valence-corrected chi connectivity index (χ0v) is 16.6. The van der Waals surface area contributed by atoms with Crippen LogP contribution in [0.1, 0.15) is 11.3 Å². The number of rotatable bonds is 4. The van der Waals surface area contributed by atoms with Crippen molar-refractivity contribution in [2.75, 3.05) is 5.32 Å². The Hall–Kier alpha value is -3.43. The number of aryl methyl sites for hydroxylation is 1. The Bertz CT molecular complexity index is 1200. The zero-order chi connectivity index (χ0) is 19.5. The molecule has 0 aliphatic carbocycles. The normalized spacial score (nSPS) is 10.5. The molecule has 4 rings (SSSR count). The van der Waals surface area contributed by atoms with Crippen LogP contribution < -0.4 is 10.1 Å². The largest absolute Gasteiger partial charge is 0.439 e. The molecule has 0 radical (unpaired) electrons. The molecule has 0 fully saturated rings. The van der Waals surface area contributed by atoms with Crippen molar-refractivity contribution in [2.45, 2.75) is 6.92 Å². The predicted octanol–water partition coefficient (Wildman–Crippen LogP) is 6.11. The van der Waals surface area contributed by atoms with Gasteiger partial charge in [-0.2, -0.15) is 10.2 Å². The molecule has 0 aliphatic rings. The van der Waals surface area contributed by atoms with E-state index in [1.165, 1.54) is 0 Å². The number of ether oxygens (including phenoxy) is 1. The van der Waals surface area contributed by atoms with Crippen LogP contribution in [0.25, 0.3) is 10.8 Å². The lowest BCUT2D eigenvalue weighted by atomic mass is 10.1. The second-order valence-electron chi connectivity index (χ2n) is 6.21. The number of hydrogen-bond donors (Lipinski definition) is 1. The highest BCUT2D eigenvalue weighted by molar-refractivity contribution is 9.10. The van der Waals surface area contributed by atoms with Gasteiger partial charge in [-0.05, 0) is 66.2 Å². The lowest BCUT2D eigenvalue weighted by Crippen LogP contribution is -2.00. The lowest BCUT2D eigenvalue weighted by molar-refractivity contribution is 0.462. The van der Waals surface area contributed by atoms with Crippen molar-refractivity contribution in [3.63, 3.8) is 0 Å². The van der Waals surface area contributed by atoms with Crippen molar-refractivity contribution in [3.8, 4) is 17.7 Å². The maximum absolute atomic E-state index is 8.90. The van der Waals surface area contributed by atoms with Gasteiger partial charge in [-0.3, -0.25) is 0 Å². The van der Waals surface area contributed by atoms with Crippen LogP contribution in [0.5, 0.6) is 11.6 Å². The van der Waals surface area contributed by atoms with Crippen molar-refractivity contribution in [2.24, 2.45) is 0 Å². The molecule has 0 aliphatic heterocycles. The molecule has 1 N–H and O–H groups in total. The van der Waals surface area contributed by atoms with Gasteiger partial charge in [0.25, 0.3) is 0 Å². The molecular formula is C22H15BrN4O. The average molecular weight is 431 g/mol. The number of nitrogens with one attached hydrogen (secondary N) is 1. The minimum absolute atomic E-state index is 0.434. The number of benzene rings is 3. The third-order valence-corrected chi connectivity index (χ3v) is 4.81. The summed E-state index contributed by atoms with van der Waals surface area (Å²) in [6.45, 7) is 1.88. The van der Waals surface area contributed by atoms with Crippen LogP contribution in [0.2, 0.25) is 0 Å². The first-order valence-electron chi connectivity index (χ1n) is 8.60. The fraction of sp³-hybridized carbons (Fsp3) is 0.0455. The van der Waals surface area contributed by atoms with Crippen LogP contribution in [0, 0.1) is 18.3 Å². The number of nitriles is 1. The molecule has 28 heavy (non-hydrogen) atoms. The summed E-state index contributed by atoms with van der Waals surface area (Å²) in [4.78, 5) is 8.85. The number of hydrogen-bond acceptors (Lipinski definition) is 5. The van der Waals surface area contributed by atoms with Crippen molar-refractivity contribution in [1.29, 1.82) is 5.26 Å². The Morgan fingerprint density at radius 1 is 1.00 bits per heavy atom. The Morgan fingerprint density at radius 2 is 1.82 bits per heavy atom. The lowest BCUT2D eigenvalue weighted by Gasteiger charge is -2.10. The Morgan fingerprint density at radius 3 is 2.61 bits per heavy atom. The Labute approximate surface area is 170 Å². The maximum Gasteiger partial charge on any atom is 0.230 e. The average Bonchev–Trinajstić information content (AvgIpc) is 2.68. The summed E-state index contributed by atoms with van der Waals surface area (Å²) in [7, 11) is 0. The summed E-state index contributed by atoms with van der Waals surface area (Å²) in [6, 6.07) is 22.9. The summed E-state index contributed by atoms with van der Waals surface area (Å²) in [5.41, 5.74) is 2.18. The minimum atomic E-state index is 0.434. The van der Waals surface area contributed by atoms with Crippen LogP contribution in [0.4, 0.5) is 11.6 Å². The molecular weight excluding hydrogens is 416 g/mol. The molecule has 0 unspecified atom stereocenters. The standard InChI is InChI=1S/C22H15BrN4O/c1-14-11-21(27-22(25-14)26-17-7-5-15(13-24)6-8-17)28-18-9-10-19-16(12-18)3-2-4-20(19)23/h2-12H,1H3,(H,25,26,27). The topological polar surface area (TPSA) is 70.8 Å². The van der Waals surface area contributed by atoms with E-state index in [2.05, 4.69) is 37.3 Å². The number of nitrogens with zero attached hydrogens (tertiary/aromatic N) is 3. The zero-order valence-electron chi connectivity index (χ0n) is 15.0. The third-order valence-electron chi connectivity index (χ3n) is 4.12. The van der Waals surface area contributed by atoms with E-state index < -0.39 is 0 Å². The first-order chi connectivity index (χ1) is 13.6. The summed E-state index contributed by atoms with van der Waals surface area (Å²) in [5, 5.41) is 14.2. The number of aromatic nitrogens is 2. The molecule has 1 heterocycles. The van der Waals surface area contributed by atoms with Crippen molar-refractivity contribution in [3.05, 3.63) is 82.5 Å². The van der Waals surface area contributed by atoms with E-state index in [0.29, 0.717) is 23.1 Å². The molecule has 4 aromatic rings. The maximum atomic E-state index is 8.90. The molecule has 6 heteroatoms. The SMILES string of the molecule is Cc1cc(Oc2ccc3c(Br)cccc3c2)nc(Nc2ccc(C#N)cc2)n1. The van der Waals surface area contributed by atoms with E-state index in [-0.39, 0.29) is 0 Å². The number of anilines is 2. The van der Waals surface area contributed by atoms with Crippen LogP contribution in [-0.2, 0) is 0 Å². The number of fused-ring (bicyclic) bond motifs is 1. The van der Waals surface area contributed by atoms with Gasteiger partial charge in [-0.25, -0.2) is 4.98 Å². The smallest absolute Gasteiger partial charge is 0.230 e. The molecule has 0 amide bonds. The molecule has 1 aromatic heterocycles. The van der Waals surface area contributed by atoms with E-state index in [0.717, 1.165) is 26.6 Å². The van der Waals surface area contributed by atoms with Gasteiger partial charge in [0.1, 0.15) is 5.75 Å². The predicted molar refractivity (Wildman–Crippen MR) is 113 cm³/mol. The third kappa shape index (κ3) is 3.95. The molecule has 5 nitrogen and oxygen atoms in total. The first kappa shape index (κ1) is 18.0. The fourth-order valence-electron chi connectivity index (χ4n) is 2.81. The second kappa shape index (κ2) is 7.67. The highest BCUT2D eigenvalue weighted by Crippen LogP contribution is 2.29. The highest BCUT2D eigenvalue weighted by atomic mass is 79.9. The van der Waals surface area contributed by atoms with Gasteiger partial charge in [0.2, 0.25) is 11.8 Å². The van der Waals surface area contributed by atoms with E-state index in [9.17, 15) is 0 Å². The van der Waals surface area contributed by atoms with Gasteiger partial charge in [-0.1, -0.05) is 28.1 Å². The first-order valence-corrected chi connectivity index (χ1v) is 9.39. The Kier molecular flexibility index (Phi) is 4.92. The molecule has 0 saturated heterocycles. The molecule has 0 spiro atoms. The van der Waals surface area contributed by atoms with Crippen molar-refractivity contribution < 1.29 is 4.74 Å². The van der Waals surface area contributed by atoms with Gasteiger partial charge in [0, 0.05) is 21.9 Å². The minimum Gasteiger partial charge on any atom is -0.439 e. The molecule has 3 aromatic carbocycles. The summed E-state index contributed by atoms with van der Waals surface area (Å²) < 4.78 is 7.02. The van der Waals surface area contributed by atoms with Crippen molar-refractivity contribution >= 4 is 38.3 Å². The van der Waals surface area contributed by atoms with E-state index in [1.54, 1.807) is 18.2 Å². The Balaban J connectivity index is 1.59. The summed E-state index contributed by atoms with van der Waals surface area (Å²) in [5.74, 6) is 1.59. The van der Waals surface area contributed by atoms with E-state index >= 15 is 0 Å². The molecule has 0 atom stereocenters. The van der Waals surface area contributed by atoms with Gasteiger partial charge in [0.05, 0.1) is 11.6 Å². The number of halogens is 1. The molecule has 136 valence electrons. The quantitative estimate of drug-likeness (QED) is 0.422. The second-order valence-corrected chi connectivity index (χ2v) is 7.06. The summed E-state index contributed by atoms with van der Waals surface area (Å²) >= 11 is 3.56. The van der Waals surface area contributed by atoms with Crippen LogP contribution in [0.3, 0.4) is 0 Å². The molecule has 0 saturated carbocycles. The highest BCUT2D eigenvalue weighted by Gasteiger charge is 2.07.